The molecule has 0 aliphatic heterocycles. The van der Waals surface area contributed by atoms with E-state index in [1.165, 1.54) is 18.5 Å². The van der Waals surface area contributed by atoms with Gasteiger partial charge in [0, 0.05) is 6.16 Å². The normalized spacial score (nSPS) is 10.7. The molecule has 0 radical (unpaired) electrons. The van der Waals surface area contributed by atoms with E-state index in [0.717, 1.165) is 6.42 Å². The Morgan fingerprint density at radius 1 is 0.789 bits per heavy atom. The van der Waals surface area contributed by atoms with E-state index in [1.807, 2.05) is 0 Å². The first-order chi connectivity index (χ1) is 7.85. The smallest absolute Gasteiger partial charge is 0.342 e. The maximum Gasteiger partial charge on any atom is 3.00 e. The monoisotopic (exact) mass is 365 g/mol. The zero-order valence-electron chi connectivity index (χ0n) is 14.8. The molecule has 0 rings (SSSR count). The molecule has 120 valence electrons. The van der Waals surface area contributed by atoms with Crippen LogP contribution in [0.1, 0.15) is 20.3 Å². The molecular formula is C15H39CoPSi2+. The third-order valence-corrected chi connectivity index (χ3v) is 4.59. The Morgan fingerprint density at radius 2 is 1.00 bits per heavy atom. The van der Waals surface area contributed by atoms with Crippen LogP contribution in [0.2, 0.25) is 39.3 Å². The minimum Gasteiger partial charge on any atom is -0.342 e. The Morgan fingerprint density at radius 3 is 1.05 bits per heavy atom. The van der Waals surface area contributed by atoms with Crippen LogP contribution in [0.25, 0.3) is 0 Å². The van der Waals surface area contributed by atoms with E-state index >= 15 is 0 Å². The van der Waals surface area contributed by atoms with Gasteiger partial charge in [0.15, 0.2) is 0 Å². The van der Waals surface area contributed by atoms with Crippen molar-refractivity contribution < 1.29 is 16.8 Å². The number of hydrogen-bond donors (Lipinski definition) is 0. The first-order valence-electron chi connectivity index (χ1n) is 7.18. The molecule has 0 aromatic heterocycles. The van der Waals surface area contributed by atoms with Gasteiger partial charge in [0.2, 0.25) is 0 Å². The van der Waals surface area contributed by atoms with Gasteiger partial charge in [-0.2, -0.15) is 0 Å². The Bertz CT molecular complexity index is 135. The van der Waals surface area contributed by atoms with Crippen LogP contribution in [0.3, 0.4) is 0 Å². The summed E-state index contributed by atoms with van der Waals surface area (Å²) < 4.78 is 0. The molecule has 0 spiro atoms. The average Bonchev–Trinajstić information content (AvgIpc) is 2.08. The first kappa shape index (κ1) is 28.5. The second kappa shape index (κ2) is 15.8. The molecule has 0 aliphatic carbocycles. The minimum atomic E-state index is -0.861. The summed E-state index contributed by atoms with van der Waals surface area (Å²) in [5.74, 6) is 0. The fraction of sp³-hybridized carbons (Fsp3) is 0.800. The van der Waals surface area contributed by atoms with E-state index in [-0.39, 0.29) is 24.7 Å². The summed E-state index contributed by atoms with van der Waals surface area (Å²) in [7, 11) is -1.66. The van der Waals surface area contributed by atoms with Gasteiger partial charge in [0.05, 0.1) is 12.3 Å². The molecule has 0 unspecified atom stereocenters. The molecule has 0 atom stereocenters. The van der Waals surface area contributed by atoms with Crippen molar-refractivity contribution in [2.75, 3.05) is 18.5 Å². The van der Waals surface area contributed by atoms with Crippen molar-refractivity contribution in [3.05, 3.63) is 20.0 Å². The van der Waals surface area contributed by atoms with E-state index < -0.39 is 16.1 Å². The molecule has 0 saturated heterocycles. The fourth-order valence-corrected chi connectivity index (χ4v) is 2.56. The minimum absolute atomic E-state index is 0. The second-order valence-corrected chi connectivity index (χ2v) is 20.8. The molecule has 0 heterocycles. The van der Waals surface area contributed by atoms with E-state index in [1.54, 1.807) is 0 Å². The van der Waals surface area contributed by atoms with E-state index in [9.17, 15) is 0 Å². The van der Waals surface area contributed by atoms with Crippen LogP contribution in [0.4, 0.5) is 0 Å². The maximum atomic E-state index is 3.91. The van der Waals surface area contributed by atoms with Gasteiger partial charge in [0.1, 0.15) is 0 Å². The summed E-state index contributed by atoms with van der Waals surface area (Å²) >= 11 is 0. The third kappa shape index (κ3) is 83.4. The standard InChI is InChI=1S/C7H16P.2C4H11Si.Co/c1-4-7-8(5-2)6-3;2*1-5(2,3)4;/h1,4-7H2,2-3H3;2*1H2,2-4H3;/q3*-1;+3/p+1. The zero-order valence-corrected chi connectivity index (χ0v) is 18.8. The van der Waals surface area contributed by atoms with E-state index in [2.05, 4.69) is 73.1 Å². The molecular weight excluding hydrogens is 326 g/mol. The molecule has 19 heavy (non-hydrogen) atoms. The van der Waals surface area contributed by atoms with Crippen LogP contribution >= 0.6 is 7.92 Å². The Hall–Kier alpha value is 1.37. The third-order valence-electron chi connectivity index (χ3n) is 1.53. The van der Waals surface area contributed by atoms with Gasteiger partial charge < -0.3 is 20.0 Å². The van der Waals surface area contributed by atoms with E-state index in [0.29, 0.717) is 0 Å². The topological polar surface area (TPSA) is 0 Å². The summed E-state index contributed by atoms with van der Waals surface area (Å²) in [6.07, 6.45) is 5.42. The summed E-state index contributed by atoms with van der Waals surface area (Å²) in [5, 5.41) is 0. The van der Waals surface area contributed by atoms with Crippen LogP contribution in [0.5, 0.6) is 0 Å². The van der Waals surface area contributed by atoms with Crippen molar-refractivity contribution >= 4 is 24.1 Å². The molecule has 0 aromatic carbocycles. The molecule has 0 aromatic rings. The average molecular weight is 366 g/mol. The SMILES string of the molecule is [CH2-]CC[PH+](CC)CC.[CH2-][Si](C)(C)C.[CH2-][Si](C)(C)C.[Co+3]. The van der Waals surface area contributed by atoms with Gasteiger partial charge in [-0.25, -0.2) is 0 Å². The summed E-state index contributed by atoms with van der Waals surface area (Å²) in [6, 6.07) is 0. The Labute approximate surface area is 138 Å². The first-order valence-corrected chi connectivity index (χ1v) is 16.7. The van der Waals surface area contributed by atoms with E-state index in [4.69, 9.17) is 0 Å². The molecule has 0 nitrogen and oxygen atoms in total. The van der Waals surface area contributed by atoms with Crippen molar-refractivity contribution in [1.82, 2.24) is 0 Å². The van der Waals surface area contributed by atoms with Gasteiger partial charge >= 0.3 is 16.8 Å². The molecule has 0 aliphatic rings. The fourth-order valence-electron chi connectivity index (χ4n) is 0.854. The summed E-state index contributed by atoms with van der Waals surface area (Å²) in [4.78, 5) is 0. The second-order valence-electron chi connectivity index (χ2n) is 7.18. The van der Waals surface area contributed by atoms with Crippen LogP contribution < -0.4 is 0 Å². The van der Waals surface area contributed by atoms with Crippen LogP contribution in [-0.2, 0) is 16.8 Å². The van der Waals surface area contributed by atoms with Crippen LogP contribution in [0.15, 0.2) is 0 Å². The summed E-state index contributed by atoms with van der Waals surface area (Å²) in [6.45, 7) is 29.6. The van der Waals surface area contributed by atoms with Crippen molar-refractivity contribution in [2.45, 2.75) is 59.6 Å². The van der Waals surface area contributed by atoms with Gasteiger partial charge in [-0.15, -0.1) is 22.6 Å². The van der Waals surface area contributed by atoms with Crippen molar-refractivity contribution in [3.63, 3.8) is 0 Å². The maximum absolute atomic E-state index is 3.91. The van der Waals surface area contributed by atoms with Gasteiger partial charge in [0.25, 0.3) is 0 Å². The van der Waals surface area contributed by atoms with Gasteiger partial charge in [-0.3, -0.25) is 0 Å². The molecule has 0 bridgehead atoms. The predicted octanol–water partition coefficient (Wildman–Crippen LogP) is 5.86. The largest absolute Gasteiger partial charge is 3.00 e. The molecule has 0 fully saturated rings. The predicted molar refractivity (Wildman–Crippen MR) is 102 cm³/mol. The number of hydrogen-bond acceptors (Lipinski definition) is 0. The Kier molecular flexibility index (Phi) is 23.6. The zero-order chi connectivity index (χ0) is 15.4. The molecule has 0 saturated carbocycles. The molecule has 4 heteroatoms. The van der Waals surface area contributed by atoms with Crippen LogP contribution in [0, 0.1) is 20.0 Å². The van der Waals surface area contributed by atoms with Gasteiger partial charge in [-0.05, 0) is 21.8 Å². The Balaban J connectivity index is -0.0000000906. The number of rotatable bonds is 4. The molecule has 0 N–H and O–H groups in total. The quantitative estimate of drug-likeness (QED) is 0.333. The van der Waals surface area contributed by atoms with Gasteiger partial charge in [-0.1, -0.05) is 39.3 Å². The van der Waals surface area contributed by atoms with Crippen molar-refractivity contribution in [3.8, 4) is 0 Å². The van der Waals surface area contributed by atoms with Crippen molar-refractivity contribution in [1.29, 1.82) is 0 Å². The molecule has 0 amide bonds. The van der Waals surface area contributed by atoms with Crippen LogP contribution in [-0.4, -0.2) is 34.6 Å². The van der Waals surface area contributed by atoms with Crippen molar-refractivity contribution in [2.24, 2.45) is 0 Å². The summed E-state index contributed by atoms with van der Waals surface area (Å²) in [5.41, 5.74) is 0.